The summed E-state index contributed by atoms with van der Waals surface area (Å²) in [6.45, 7) is -2.08. The van der Waals surface area contributed by atoms with E-state index < -0.39 is 42.2 Å². The summed E-state index contributed by atoms with van der Waals surface area (Å²) in [4.78, 5) is 12.8. The molecule has 8 heteroatoms. The van der Waals surface area contributed by atoms with Gasteiger partial charge in [-0.15, -0.1) is 13.2 Å². The Bertz CT molecular complexity index is 426. The summed E-state index contributed by atoms with van der Waals surface area (Å²) in [7, 11) is 0. The second-order valence-corrected chi connectivity index (χ2v) is 2.79. The summed E-state index contributed by atoms with van der Waals surface area (Å²) in [6.07, 6.45) is -5.01. The van der Waals surface area contributed by atoms with Crippen LogP contribution in [0.25, 0.3) is 0 Å². The SMILES string of the molecule is O=c1cc(OC(F)(F)F)c(CO)c(CF)[nH]1. The molecule has 0 aliphatic carbocycles. The summed E-state index contributed by atoms with van der Waals surface area (Å²) in [5.74, 6) is -0.897. The number of rotatable bonds is 3. The van der Waals surface area contributed by atoms with Crippen LogP contribution in [0.5, 0.6) is 5.75 Å². The average Bonchev–Trinajstić information content (AvgIpc) is 2.14. The Hall–Kier alpha value is -1.57. The van der Waals surface area contributed by atoms with Crippen LogP contribution in [0.2, 0.25) is 0 Å². The van der Waals surface area contributed by atoms with Crippen LogP contribution in [-0.2, 0) is 13.3 Å². The first-order valence-electron chi connectivity index (χ1n) is 4.05. The number of pyridine rings is 1. The molecule has 0 atom stereocenters. The minimum absolute atomic E-state index is 0.431. The van der Waals surface area contributed by atoms with Gasteiger partial charge in [-0.25, -0.2) is 4.39 Å². The van der Waals surface area contributed by atoms with E-state index in [9.17, 15) is 22.4 Å². The number of aliphatic hydroxyl groups excluding tert-OH is 1. The molecule has 0 saturated heterocycles. The lowest BCUT2D eigenvalue weighted by atomic mass is 10.2. The lowest BCUT2D eigenvalue weighted by molar-refractivity contribution is -0.275. The lowest BCUT2D eigenvalue weighted by Gasteiger charge is -2.13. The maximum atomic E-state index is 12.3. The van der Waals surface area contributed by atoms with Crippen molar-refractivity contribution in [2.24, 2.45) is 0 Å². The van der Waals surface area contributed by atoms with E-state index in [1.54, 1.807) is 0 Å². The number of ether oxygens (including phenoxy) is 1. The molecule has 0 radical (unpaired) electrons. The number of H-pyrrole nitrogens is 1. The Morgan fingerprint density at radius 1 is 1.44 bits per heavy atom. The van der Waals surface area contributed by atoms with E-state index in [1.165, 1.54) is 0 Å². The van der Waals surface area contributed by atoms with Crippen molar-refractivity contribution < 1.29 is 27.4 Å². The molecule has 1 heterocycles. The highest BCUT2D eigenvalue weighted by Crippen LogP contribution is 2.26. The molecule has 0 fully saturated rings. The Kier molecular flexibility index (Phi) is 3.53. The standard InChI is InChI=1S/C8H7F4NO3/c9-2-5-4(3-14)6(1-7(15)13-5)16-8(10,11)12/h1,14H,2-3H2,(H,13,15). The van der Waals surface area contributed by atoms with Crippen molar-refractivity contribution in [2.45, 2.75) is 19.6 Å². The van der Waals surface area contributed by atoms with Crippen molar-refractivity contribution in [3.8, 4) is 5.75 Å². The van der Waals surface area contributed by atoms with E-state index in [2.05, 4.69) is 4.74 Å². The van der Waals surface area contributed by atoms with E-state index in [0.29, 0.717) is 6.07 Å². The van der Waals surface area contributed by atoms with Crippen molar-refractivity contribution in [1.82, 2.24) is 4.98 Å². The maximum absolute atomic E-state index is 12.3. The number of hydrogen-bond acceptors (Lipinski definition) is 3. The van der Waals surface area contributed by atoms with Crippen LogP contribution in [0.4, 0.5) is 17.6 Å². The zero-order valence-electron chi connectivity index (χ0n) is 7.77. The highest BCUT2D eigenvalue weighted by Gasteiger charge is 2.32. The van der Waals surface area contributed by atoms with Crippen molar-refractivity contribution in [3.05, 3.63) is 27.7 Å². The molecule has 0 amide bonds. The van der Waals surface area contributed by atoms with E-state index >= 15 is 0 Å². The van der Waals surface area contributed by atoms with E-state index in [-0.39, 0.29) is 0 Å². The predicted molar refractivity (Wildman–Crippen MR) is 44.5 cm³/mol. The van der Waals surface area contributed by atoms with Gasteiger partial charge in [-0.1, -0.05) is 0 Å². The second-order valence-electron chi connectivity index (χ2n) is 2.79. The third-order valence-corrected chi connectivity index (χ3v) is 1.72. The number of aromatic amines is 1. The molecule has 0 aliphatic rings. The molecule has 90 valence electrons. The van der Waals surface area contributed by atoms with E-state index in [0.717, 1.165) is 0 Å². The van der Waals surface area contributed by atoms with Crippen LogP contribution in [0.15, 0.2) is 10.9 Å². The fourth-order valence-corrected chi connectivity index (χ4v) is 1.12. The van der Waals surface area contributed by atoms with Gasteiger partial charge in [0.2, 0.25) is 0 Å². The molecule has 0 spiro atoms. The Balaban J connectivity index is 3.26. The van der Waals surface area contributed by atoms with Crippen LogP contribution in [0, 0.1) is 0 Å². The van der Waals surface area contributed by atoms with Crippen molar-refractivity contribution in [1.29, 1.82) is 0 Å². The Morgan fingerprint density at radius 2 is 2.06 bits per heavy atom. The van der Waals surface area contributed by atoms with Crippen LogP contribution >= 0.6 is 0 Å². The number of halogens is 4. The number of hydrogen-bond donors (Lipinski definition) is 2. The number of aliphatic hydroxyl groups is 1. The lowest BCUT2D eigenvalue weighted by Crippen LogP contribution is -2.21. The summed E-state index contributed by atoms with van der Waals surface area (Å²) in [5, 5.41) is 8.78. The van der Waals surface area contributed by atoms with Gasteiger partial charge in [0.1, 0.15) is 12.4 Å². The van der Waals surface area contributed by atoms with Crippen molar-refractivity contribution in [3.63, 3.8) is 0 Å². The van der Waals surface area contributed by atoms with Gasteiger partial charge in [-0.3, -0.25) is 4.79 Å². The molecule has 2 N–H and O–H groups in total. The van der Waals surface area contributed by atoms with Gasteiger partial charge in [-0.2, -0.15) is 0 Å². The van der Waals surface area contributed by atoms with E-state index in [1.807, 2.05) is 4.98 Å². The molecule has 0 saturated carbocycles. The van der Waals surface area contributed by atoms with Crippen molar-refractivity contribution >= 4 is 0 Å². The third-order valence-electron chi connectivity index (χ3n) is 1.72. The Morgan fingerprint density at radius 3 is 2.50 bits per heavy atom. The third kappa shape index (κ3) is 2.96. The molecule has 16 heavy (non-hydrogen) atoms. The molecule has 4 nitrogen and oxygen atoms in total. The van der Waals surface area contributed by atoms with Crippen LogP contribution < -0.4 is 10.3 Å². The number of alkyl halides is 4. The quantitative estimate of drug-likeness (QED) is 0.782. The highest BCUT2D eigenvalue weighted by atomic mass is 19.4. The predicted octanol–water partition coefficient (Wildman–Crippen LogP) is 1.24. The zero-order valence-corrected chi connectivity index (χ0v) is 7.77. The van der Waals surface area contributed by atoms with Crippen LogP contribution in [-0.4, -0.2) is 16.5 Å². The monoisotopic (exact) mass is 241 g/mol. The minimum atomic E-state index is -5.01. The van der Waals surface area contributed by atoms with Gasteiger partial charge in [-0.05, 0) is 0 Å². The normalized spacial score (nSPS) is 11.6. The number of aromatic nitrogens is 1. The summed E-state index contributed by atoms with van der Waals surface area (Å²) >= 11 is 0. The molecule has 1 aromatic rings. The largest absolute Gasteiger partial charge is 0.573 e. The first-order chi connectivity index (χ1) is 7.37. The van der Waals surface area contributed by atoms with Gasteiger partial charge < -0.3 is 14.8 Å². The van der Waals surface area contributed by atoms with Gasteiger partial charge in [0.25, 0.3) is 5.56 Å². The molecule has 0 unspecified atom stereocenters. The number of nitrogens with one attached hydrogen (secondary N) is 1. The molecule has 0 aromatic carbocycles. The zero-order chi connectivity index (χ0) is 12.3. The smallest absolute Gasteiger partial charge is 0.405 e. The molecular formula is C8H7F4NO3. The highest BCUT2D eigenvalue weighted by molar-refractivity contribution is 5.35. The van der Waals surface area contributed by atoms with Gasteiger partial charge >= 0.3 is 6.36 Å². The van der Waals surface area contributed by atoms with Gasteiger partial charge in [0.15, 0.2) is 0 Å². The van der Waals surface area contributed by atoms with Gasteiger partial charge in [0.05, 0.1) is 12.3 Å². The van der Waals surface area contributed by atoms with Gasteiger partial charge in [0, 0.05) is 11.6 Å². The topological polar surface area (TPSA) is 62.3 Å². The second kappa shape index (κ2) is 4.52. The molecule has 1 rings (SSSR count). The first kappa shape index (κ1) is 12.5. The molecule has 1 aromatic heterocycles. The molecular weight excluding hydrogens is 234 g/mol. The minimum Gasteiger partial charge on any atom is -0.405 e. The first-order valence-corrected chi connectivity index (χ1v) is 4.05. The maximum Gasteiger partial charge on any atom is 0.573 e. The van der Waals surface area contributed by atoms with Crippen LogP contribution in [0.1, 0.15) is 11.3 Å². The molecule has 0 bridgehead atoms. The average molecular weight is 241 g/mol. The summed E-state index contributed by atoms with van der Waals surface area (Å²) in [6, 6.07) is 0.498. The summed E-state index contributed by atoms with van der Waals surface area (Å²) < 4.78 is 51.6. The summed E-state index contributed by atoms with van der Waals surface area (Å²) in [5.41, 5.74) is -1.81. The van der Waals surface area contributed by atoms with E-state index in [4.69, 9.17) is 5.11 Å². The fraction of sp³-hybridized carbons (Fsp3) is 0.375. The molecule has 0 aliphatic heterocycles. The fourth-order valence-electron chi connectivity index (χ4n) is 1.12. The Labute approximate surface area is 86.5 Å². The van der Waals surface area contributed by atoms with Crippen LogP contribution in [0.3, 0.4) is 0 Å². The van der Waals surface area contributed by atoms with Crippen molar-refractivity contribution in [2.75, 3.05) is 0 Å².